The Morgan fingerprint density at radius 1 is 1.50 bits per heavy atom. The predicted octanol–water partition coefficient (Wildman–Crippen LogP) is 2.03. The zero-order valence-electron chi connectivity index (χ0n) is 9.49. The lowest BCUT2D eigenvalue weighted by atomic mass is 10.2. The van der Waals surface area contributed by atoms with Crippen molar-refractivity contribution in [3.8, 4) is 0 Å². The Balaban J connectivity index is 1.90. The van der Waals surface area contributed by atoms with Crippen LogP contribution < -0.4 is 5.32 Å². The number of nitrogens with zero attached hydrogens (tertiary/aromatic N) is 3. The molecule has 0 saturated carbocycles. The van der Waals surface area contributed by atoms with Gasteiger partial charge in [0.15, 0.2) is 11.0 Å². The van der Waals surface area contributed by atoms with Crippen molar-refractivity contribution in [2.75, 3.05) is 25.0 Å². The maximum atomic E-state index is 5.93. The van der Waals surface area contributed by atoms with Gasteiger partial charge in [-0.2, -0.15) is 0 Å². The maximum absolute atomic E-state index is 5.93. The molecule has 0 bridgehead atoms. The summed E-state index contributed by atoms with van der Waals surface area (Å²) in [5.41, 5.74) is 0. The second kappa shape index (κ2) is 5.46. The summed E-state index contributed by atoms with van der Waals surface area (Å²) < 4.78 is 0. The fraction of sp³-hybridized carbons (Fsp3) is 0.636. The molecule has 0 aliphatic carbocycles. The quantitative estimate of drug-likeness (QED) is 0.875. The van der Waals surface area contributed by atoms with E-state index in [1.807, 2.05) is 0 Å². The summed E-state index contributed by atoms with van der Waals surface area (Å²) in [7, 11) is 0. The molecule has 1 atom stereocenters. The zero-order chi connectivity index (χ0) is 11.4. The van der Waals surface area contributed by atoms with Gasteiger partial charge in [-0.3, -0.25) is 4.90 Å². The number of nitrogens with one attached hydrogen (secondary N) is 1. The largest absolute Gasteiger partial charge is 0.366 e. The van der Waals surface area contributed by atoms with E-state index in [0.717, 1.165) is 13.1 Å². The number of anilines is 1. The van der Waals surface area contributed by atoms with Crippen molar-refractivity contribution in [3.05, 3.63) is 17.5 Å². The monoisotopic (exact) mass is 240 g/mol. The standard InChI is InChI=1S/C11H17ClN4/c1-2-16-7-3-4-9(16)8-15-11-10(12)13-5-6-14-11/h5-6,9H,2-4,7-8H2,1H3,(H,14,15)/t9-/m0/s1. The molecule has 1 aromatic heterocycles. The summed E-state index contributed by atoms with van der Waals surface area (Å²) in [4.78, 5) is 10.6. The number of likely N-dealkylation sites (N-methyl/N-ethyl adjacent to an activating group) is 1. The Morgan fingerprint density at radius 2 is 2.31 bits per heavy atom. The molecule has 0 aromatic carbocycles. The fourth-order valence-corrected chi connectivity index (χ4v) is 2.37. The third-order valence-corrected chi connectivity index (χ3v) is 3.34. The topological polar surface area (TPSA) is 41.0 Å². The van der Waals surface area contributed by atoms with Crippen LogP contribution in [0.3, 0.4) is 0 Å². The number of rotatable bonds is 4. The molecule has 5 heteroatoms. The minimum atomic E-state index is 0.448. The van der Waals surface area contributed by atoms with Crippen LogP contribution in [0.4, 0.5) is 5.82 Å². The lowest BCUT2D eigenvalue weighted by molar-refractivity contribution is 0.277. The van der Waals surface area contributed by atoms with Gasteiger partial charge < -0.3 is 5.32 Å². The molecule has 1 aromatic rings. The molecule has 88 valence electrons. The van der Waals surface area contributed by atoms with Gasteiger partial charge in [-0.25, -0.2) is 9.97 Å². The molecule has 1 saturated heterocycles. The van der Waals surface area contributed by atoms with Gasteiger partial charge in [0.05, 0.1) is 0 Å². The average Bonchev–Trinajstić information content (AvgIpc) is 2.75. The Morgan fingerprint density at radius 3 is 3.06 bits per heavy atom. The second-order valence-electron chi connectivity index (χ2n) is 4.00. The lowest BCUT2D eigenvalue weighted by Crippen LogP contribution is -2.34. The van der Waals surface area contributed by atoms with Crippen LogP contribution in [-0.2, 0) is 0 Å². The fourth-order valence-electron chi connectivity index (χ4n) is 2.20. The summed E-state index contributed by atoms with van der Waals surface area (Å²) in [5.74, 6) is 0.687. The van der Waals surface area contributed by atoms with E-state index in [-0.39, 0.29) is 0 Å². The normalized spacial score (nSPS) is 21.2. The third kappa shape index (κ3) is 2.62. The smallest absolute Gasteiger partial charge is 0.171 e. The van der Waals surface area contributed by atoms with Crippen molar-refractivity contribution in [1.29, 1.82) is 0 Å². The molecule has 16 heavy (non-hydrogen) atoms. The van der Waals surface area contributed by atoms with Gasteiger partial charge in [-0.1, -0.05) is 18.5 Å². The summed E-state index contributed by atoms with van der Waals surface area (Å²) in [6.45, 7) is 5.41. The first-order chi connectivity index (χ1) is 7.81. The molecule has 1 aliphatic heterocycles. The van der Waals surface area contributed by atoms with Crippen LogP contribution in [0.25, 0.3) is 0 Å². The Hall–Kier alpha value is -0.870. The van der Waals surface area contributed by atoms with Crippen LogP contribution in [0.5, 0.6) is 0 Å². The molecule has 1 fully saturated rings. The van der Waals surface area contributed by atoms with E-state index in [0.29, 0.717) is 17.0 Å². The molecular weight excluding hydrogens is 224 g/mol. The summed E-state index contributed by atoms with van der Waals surface area (Å²) in [5, 5.41) is 3.72. The van der Waals surface area contributed by atoms with Crippen molar-refractivity contribution < 1.29 is 0 Å². The van der Waals surface area contributed by atoms with E-state index in [2.05, 4.69) is 27.1 Å². The first-order valence-electron chi connectivity index (χ1n) is 5.75. The number of hydrogen-bond donors (Lipinski definition) is 1. The highest BCUT2D eigenvalue weighted by Crippen LogP contribution is 2.19. The van der Waals surface area contributed by atoms with Crippen LogP contribution >= 0.6 is 11.6 Å². The van der Waals surface area contributed by atoms with E-state index in [1.54, 1.807) is 12.4 Å². The second-order valence-corrected chi connectivity index (χ2v) is 4.36. The van der Waals surface area contributed by atoms with E-state index < -0.39 is 0 Å². The molecule has 2 rings (SSSR count). The first kappa shape index (κ1) is 11.6. The summed E-state index contributed by atoms with van der Waals surface area (Å²) in [6, 6.07) is 0.600. The van der Waals surface area contributed by atoms with Crippen molar-refractivity contribution in [1.82, 2.24) is 14.9 Å². The minimum absolute atomic E-state index is 0.448. The van der Waals surface area contributed by atoms with Gasteiger partial charge in [-0.15, -0.1) is 0 Å². The van der Waals surface area contributed by atoms with Gasteiger partial charge in [-0.05, 0) is 25.9 Å². The highest BCUT2D eigenvalue weighted by atomic mass is 35.5. The van der Waals surface area contributed by atoms with Gasteiger partial charge in [0, 0.05) is 25.0 Å². The number of aromatic nitrogens is 2. The SMILES string of the molecule is CCN1CCC[C@H]1CNc1nccnc1Cl. The summed E-state index contributed by atoms with van der Waals surface area (Å²) >= 11 is 5.93. The van der Waals surface area contributed by atoms with E-state index >= 15 is 0 Å². The number of halogens is 1. The Bertz CT molecular complexity index is 345. The number of hydrogen-bond acceptors (Lipinski definition) is 4. The zero-order valence-corrected chi connectivity index (χ0v) is 10.2. The molecule has 2 heterocycles. The van der Waals surface area contributed by atoms with Crippen LogP contribution in [0.15, 0.2) is 12.4 Å². The van der Waals surface area contributed by atoms with E-state index in [1.165, 1.54) is 19.4 Å². The molecule has 1 N–H and O–H groups in total. The average molecular weight is 241 g/mol. The van der Waals surface area contributed by atoms with Crippen LogP contribution in [0, 0.1) is 0 Å². The Labute approximate surface area is 101 Å². The summed E-state index contributed by atoms with van der Waals surface area (Å²) in [6.07, 6.45) is 5.79. The minimum Gasteiger partial charge on any atom is -0.366 e. The Kier molecular flexibility index (Phi) is 3.96. The molecule has 1 aliphatic rings. The molecule has 0 amide bonds. The highest BCUT2D eigenvalue weighted by Gasteiger charge is 2.22. The first-order valence-corrected chi connectivity index (χ1v) is 6.13. The van der Waals surface area contributed by atoms with Gasteiger partial charge in [0.25, 0.3) is 0 Å². The van der Waals surface area contributed by atoms with Crippen molar-refractivity contribution >= 4 is 17.4 Å². The molecule has 0 spiro atoms. The third-order valence-electron chi connectivity index (χ3n) is 3.06. The van der Waals surface area contributed by atoms with Crippen LogP contribution in [-0.4, -0.2) is 40.5 Å². The number of likely N-dealkylation sites (tertiary alicyclic amines) is 1. The molecule has 0 unspecified atom stereocenters. The van der Waals surface area contributed by atoms with Crippen molar-refractivity contribution in [3.63, 3.8) is 0 Å². The van der Waals surface area contributed by atoms with Gasteiger partial charge >= 0.3 is 0 Å². The van der Waals surface area contributed by atoms with Crippen molar-refractivity contribution in [2.24, 2.45) is 0 Å². The molecule has 4 nitrogen and oxygen atoms in total. The highest BCUT2D eigenvalue weighted by molar-refractivity contribution is 6.31. The molecular formula is C11H17ClN4. The van der Waals surface area contributed by atoms with E-state index in [4.69, 9.17) is 11.6 Å². The predicted molar refractivity (Wildman–Crippen MR) is 65.8 cm³/mol. The van der Waals surface area contributed by atoms with E-state index in [9.17, 15) is 0 Å². The van der Waals surface area contributed by atoms with Gasteiger partial charge in [0.2, 0.25) is 0 Å². The van der Waals surface area contributed by atoms with Crippen LogP contribution in [0.2, 0.25) is 5.15 Å². The maximum Gasteiger partial charge on any atom is 0.171 e. The van der Waals surface area contributed by atoms with Crippen molar-refractivity contribution in [2.45, 2.75) is 25.8 Å². The van der Waals surface area contributed by atoms with Gasteiger partial charge in [0.1, 0.15) is 0 Å². The van der Waals surface area contributed by atoms with Crippen LogP contribution in [0.1, 0.15) is 19.8 Å². The molecule has 0 radical (unpaired) electrons. The lowest BCUT2D eigenvalue weighted by Gasteiger charge is -2.23.